The highest BCUT2D eigenvalue weighted by atomic mass is 16.6. The summed E-state index contributed by atoms with van der Waals surface area (Å²) < 4.78 is 33.8. The summed E-state index contributed by atoms with van der Waals surface area (Å²) >= 11 is 0. The molecule has 206 valence electrons. The van der Waals surface area contributed by atoms with Crippen molar-refractivity contribution in [1.29, 1.82) is 0 Å². The molecule has 1 aliphatic rings. The third-order valence-electron chi connectivity index (χ3n) is 6.02. The van der Waals surface area contributed by atoms with Crippen molar-refractivity contribution >= 4 is 5.97 Å². The minimum Gasteiger partial charge on any atom is -0.490 e. The van der Waals surface area contributed by atoms with Crippen molar-refractivity contribution in [1.82, 2.24) is 0 Å². The molecule has 1 aromatic rings. The molecule has 2 rings (SSSR count). The molecule has 0 amide bonds. The number of aromatic carboxylic acids is 1. The number of benzene rings is 1. The largest absolute Gasteiger partial charge is 0.490 e. The van der Waals surface area contributed by atoms with E-state index in [2.05, 4.69) is 6.92 Å². The zero-order chi connectivity index (χ0) is 25.7. The minimum absolute atomic E-state index is 0.182. The van der Waals surface area contributed by atoms with Crippen LogP contribution in [0.5, 0.6) is 5.75 Å². The number of unbranched alkanes of at least 4 members (excludes halogenated alkanes) is 7. The van der Waals surface area contributed by atoms with Gasteiger partial charge in [0.1, 0.15) is 24.0 Å². The standard InChI is InChI=1S/C28H46O8/c1-2-3-4-5-6-7-8-9-10-24-11-12-27(26(21-24)28(29)30)36-23-25-22-34-18-17-32-14-13-31-15-16-33-19-20-35-25/h11-12,21,25H,2-10,13-20,22-23H2,1H3,(H,29,30). The van der Waals surface area contributed by atoms with Crippen LogP contribution in [0.2, 0.25) is 0 Å². The van der Waals surface area contributed by atoms with E-state index in [9.17, 15) is 9.90 Å². The molecule has 1 N–H and O–H groups in total. The van der Waals surface area contributed by atoms with E-state index in [0.29, 0.717) is 65.2 Å². The lowest BCUT2D eigenvalue weighted by molar-refractivity contribution is -0.0607. The first-order valence-corrected chi connectivity index (χ1v) is 13.6. The molecule has 1 saturated heterocycles. The van der Waals surface area contributed by atoms with Crippen molar-refractivity contribution in [3.05, 3.63) is 29.3 Å². The van der Waals surface area contributed by atoms with Crippen LogP contribution in [0.25, 0.3) is 0 Å². The summed E-state index contributed by atoms with van der Waals surface area (Å²) in [6, 6.07) is 5.46. The predicted molar refractivity (Wildman–Crippen MR) is 138 cm³/mol. The van der Waals surface area contributed by atoms with E-state index in [1.807, 2.05) is 6.07 Å². The third-order valence-corrected chi connectivity index (χ3v) is 6.02. The Hall–Kier alpha value is -1.71. The fourth-order valence-electron chi connectivity index (χ4n) is 3.96. The molecule has 1 aromatic carbocycles. The van der Waals surface area contributed by atoms with Gasteiger partial charge in [0.25, 0.3) is 0 Å². The second kappa shape index (κ2) is 20.4. The second-order valence-electron chi connectivity index (χ2n) is 9.08. The lowest BCUT2D eigenvalue weighted by atomic mass is 10.0. The Morgan fingerprint density at radius 1 is 0.833 bits per heavy atom. The Bertz CT molecular complexity index is 680. The van der Waals surface area contributed by atoms with Crippen LogP contribution in [0, 0.1) is 0 Å². The van der Waals surface area contributed by atoms with E-state index >= 15 is 0 Å². The molecule has 1 fully saturated rings. The van der Waals surface area contributed by atoms with E-state index in [0.717, 1.165) is 18.4 Å². The fourth-order valence-corrected chi connectivity index (χ4v) is 3.96. The molecule has 1 aliphatic heterocycles. The maximum Gasteiger partial charge on any atom is 0.339 e. The van der Waals surface area contributed by atoms with Crippen molar-refractivity contribution in [2.75, 3.05) is 66.1 Å². The van der Waals surface area contributed by atoms with Gasteiger partial charge in [0.15, 0.2) is 0 Å². The molecule has 1 unspecified atom stereocenters. The van der Waals surface area contributed by atoms with Crippen LogP contribution in [0.1, 0.15) is 74.2 Å². The molecular weight excluding hydrogens is 464 g/mol. The molecular formula is C28H46O8. The molecule has 8 nitrogen and oxygen atoms in total. The van der Waals surface area contributed by atoms with E-state index in [1.54, 1.807) is 12.1 Å². The van der Waals surface area contributed by atoms with Gasteiger partial charge in [0.2, 0.25) is 0 Å². The number of hydrogen-bond acceptors (Lipinski definition) is 7. The van der Waals surface area contributed by atoms with E-state index in [4.69, 9.17) is 28.4 Å². The summed E-state index contributed by atoms with van der Waals surface area (Å²) in [7, 11) is 0. The predicted octanol–water partition coefficient (Wildman–Crippen LogP) is 4.91. The first kappa shape index (κ1) is 30.5. The van der Waals surface area contributed by atoms with Gasteiger partial charge in [-0.1, -0.05) is 57.9 Å². The highest BCUT2D eigenvalue weighted by Gasteiger charge is 2.16. The average molecular weight is 511 g/mol. The molecule has 8 heteroatoms. The number of carboxylic acid groups (broad SMARTS) is 1. The van der Waals surface area contributed by atoms with Gasteiger partial charge in [-0.25, -0.2) is 4.79 Å². The zero-order valence-electron chi connectivity index (χ0n) is 22.0. The number of carbonyl (C=O) groups is 1. The number of rotatable bonds is 13. The Kier molecular flexibility index (Phi) is 17.3. The number of hydrogen-bond donors (Lipinski definition) is 1. The van der Waals surface area contributed by atoms with Crippen molar-refractivity contribution in [3.8, 4) is 5.75 Å². The Morgan fingerprint density at radius 3 is 2.06 bits per heavy atom. The molecule has 0 saturated carbocycles. The lowest BCUT2D eigenvalue weighted by Gasteiger charge is -2.20. The number of carboxylic acids is 1. The van der Waals surface area contributed by atoms with Crippen molar-refractivity contribution in [3.63, 3.8) is 0 Å². The van der Waals surface area contributed by atoms with Gasteiger partial charge in [-0.3, -0.25) is 0 Å². The molecule has 0 aromatic heterocycles. The summed E-state index contributed by atoms with van der Waals surface area (Å²) in [5.41, 5.74) is 1.21. The van der Waals surface area contributed by atoms with E-state index < -0.39 is 5.97 Å². The van der Waals surface area contributed by atoms with Crippen LogP contribution >= 0.6 is 0 Å². The topological polar surface area (TPSA) is 92.7 Å². The molecule has 0 bridgehead atoms. The van der Waals surface area contributed by atoms with Gasteiger partial charge >= 0.3 is 5.97 Å². The van der Waals surface area contributed by atoms with Crippen molar-refractivity contribution < 1.29 is 38.3 Å². The van der Waals surface area contributed by atoms with Crippen LogP contribution in [0.3, 0.4) is 0 Å². The normalized spacial score (nSPS) is 18.8. The quantitative estimate of drug-likeness (QED) is 0.374. The van der Waals surface area contributed by atoms with Crippen LogP contribution in [-0.4, -0.2) is 83.2 Å². The van der Waals surface area contributed by atoms with Crippen LogP contribution < -0.4 is 4.74 Å². The smallest absolute Gasteiger partial charge is 0.339 e. The Morgan fingerprint density at radius 2 is 1.42 bits per heavy atom. The maximum absolute atomic E-state index is 11.9. The second-order valence-corrected chi connectivity index (χ2v) is 9.08. The van der Waals surface area contributed by atoms with Crippen LogP contribution in [0.4, 0.5) is 0 Å². The van der Waals surface area contributed by atoms with Gasteiger partial charge in [0, 0.05) is 0 Å². The van der Waals surface area contributed by atoms with Crippen LogP contribution in [0.15, 0.2) is 18.2 Å². The summed E-state index contributed by atoms with van der Waals surface area (Å²) in [6.07, 6.45) is 10.5. The van der Waals surface area contributed by atoms with Crippen molar-refractivity contribution in [2.45, 2.75) is 70.8 Å². The summed E-state index contributed by atoms with van der Waals surface area (Å²) in [5.74, 6) is -0.645. The molecule has 0 spiro atoms. The fraction of sp³-hybridized carbons (Fsp3) is 0.750. The Balaban J connectivity index is 1.81. The highest BCUT2D eigenvalue weighted by Crippen LogP contribution is 2.22. The third kappa shape index (κ3) is 14.1. The van der Waals surface area contributed by atoms with Crippen molar-refractivity contribution in [2.24, 2.45) is 0 Å². The molecule has 1 atom stereocenters. The molecule has 36 heavy (non-hydrogen) atoms. The monoisotopic (exact) mass is 510 g/mol. The first-order chi connectivity index (χ1) is 17.7. The average Bonchev–Trinajstić information content (AvgIpc) is 2.89. The van der Waals surface area contributed by atoms with Crippen LogP contribution in [-0.2, 0) is 30.1 Å². The Labute approximate surface area is 216 Å². The summed E-state index contributed by atoms with van der Waals surface area (Å²) in [6.45, 7) is 6.51. The number of aryl methyl sites for hydroxylation is 1. The molecule has 0 radical (unpaired) electrons. The summed E-state index contributed by atoms with van der Waals surface area (Å²) in [4.78, 5) is 11.9. The van der Waals surface area contributed by atoms with E-state index in [1.165, 1.54) is 44.9 Å². The maximum atomic E-state index is 11.9. The lowest BCUT2D eigenvalue weighted by Crippen LogP contribution is -2.29. The van der Waals surface area contributed by atoms with Gasteiger partial charge in [0.05, 0.1) is 59.5 Å². The summed E-state index contributed by atoms with van der Waals surface area (Å²) in [5, 5.41) is 9.74. The first-order valence-electron chi connectivity index (χ1n) is 13.6. The minimum atomic E-state index is -0.991. The van der Waals surface area contributed by atoms with E-state index in [-0.39, 0.29) is 18.3 Å². The van der Waals surface area contributed by atoms with Gasteiger partial charge in [-0.05, 0) is 30.5 Å². The SMILES string of the molecule is CCCCCCCCCCc1ccc(OCC2COCCOCCOCCOCCO2)c(C(=O)O)c1. The highest BCUT2D eigenvalue weighted by molar-refractivity contribution is 5.91. The van der Waals surface area contributed by atoms with Gasteiger partial charge in [-0.15, -0.1) is 0 Å². The molecule has 1 heterocycles. The number of ether oxygens (including phenoxy) is 6. The van der Waals surface area contributed by atoms with Gasteiger partial charge in [-0.2, -0.15) is 0 Å². The molecule has 0 aliphatic carbocycles. The van der Waals surface area contributed by atoms with Gasteiger partial charge < -0.3 is 33.5 Å². The zero-order valence-corrected chi connectivity index (χ0v) is 22.0.